The highest BCUT2D eigenvalue weighted by molar-refractivity contribution is 5.73. The smallest absolute Gasteiger partial charge is 0.320 e. The highest BCUT2D eigenvalue weighted by atomic mass is 16.5. The molecule has 4 nitrogen and oxygen atoms in total. The number of likely N-dealkylation sites (tertiary alicyclic amines) is 1. The van der Waals surface area contributed by atoms with E-state index in [0.717, 1.165) is 32.4 Å². The first-order valence-electron chi connectivity index (χ1n) is 5.74. The van der Waals surface area contributed by atoms with Gasteiger partial charge in [0.05, 0.1) is 6.61 Å². The molecule has 0 aromatic heterocycles. The molecule has 0 radical (unpaired) electrons. The molecule has 3 unspecified atom stereocenters. The normalized spacial score (nSPS) is 38.1. The second-order valence-electron chi connectivity index (χ2n) is 4.74. The van der Waals surface area contributed by atoms with Crippen molar-refractivity contribution >= 4 is 5.97 Å². The third kappa shape index (κ3) is 2.32. The SMILES string of the molecule is CC1CCN(C2CCOC2)C(C(=O)O)C1. The van der Waals surface area contributed by atoms with E-state index in [-0.39, 0.29) is 6.04 Å². The van der Waals surface area contributed by atoms with Gasteiger partial charge in [-0.3, -0.25) is 9.69 Å². The first-order chi connectivity index (χ1) is 7.18. The van der Waals surface area contributed by atoms with Crippen LogP contribution in [0.15, 0.2) is 0 Å². The molecular formula is C11H19NO3. The van der Waals surface area contributed by atoms with Gasteiger partial charge in [0.1, 0.15) is 6.04 Å². The Morgan fingerprint density at radius 2 is 2.27 bits per heavy atom. The van der Waals surface area contributed by atoms with Crippen LogP contribution in [-0.2, 0) is 9.53 Å². The average Bonchev–Trinajstić information content (AvgIpc) is 2.70. The molecule has 1 N–H and O–H groups in total. The number of carboxylic acid groups (broad SMARTS) is 1. The number of piperidine rings is 1. The monoisotopic (exact) mass is 213 g/mol. The summed E-state index contributed by atoms with van der Waals surface area (Å²) in [4.78, 5) is 13.3. The molecule has 3 atom stereocenters. The van der Waals surface area contributed by atoms with Crippen molar-refractivity contribution in [2.75, 3.05) is 19.8 Å². The molecule has 2 aliphatic rings. The summed E-state index contributed by atoms with van der Waals surface area (Å²) in [5, 5.41) is 9.20. The summed E-state index contributed by atoms with van der Waals surface area (Å²) in [5.41, 5.74) is 0. The third-order valence-electron chi connectivity index (χ3n) is 3.57. The third-order valence-corrected chi connectivity index (χ3v) is 3.57. The Hall–Kier alpha value is -0.610. The van der Waals surface area contributed by atoms with Crippen LogP contribution >= 0.6 is 0 Å². The van der Waals surface area contributed by atoms with Crippen LogP contribution in [0.3, 0.4) is 0 Å². The summed E-state index contributed by atoms with van der Waals surface area (Å²) in [6.07, 6.45) is 2.88. The molecule has 0 aromatic rings. The summed E-state index contributed by atoms with van der Waals surface area (Å²) in [5.74, 6) is -0.141. The van der Waals surface area contributed by atoms with Crippen molar-refractivity contribution in [1.82, 2.24) is 4.90 Å². The zero-order valence-electron chi connectivity index (χ0n) is 9.19. The maximum atomic E-state index is 11.2. The molecule has 2 saturated heterocycles. The van der Waals surface area contributed by atoms with E-state index >= 15 is 0 Å². The summed E-state index contributed by atoms with van der Waals surface area (Å²) >= 11 is 0. The molecule has 86 valence electrons. The molecule has 2 aliphatic heterocycles. The van der Waals surface area contributed by atoms with E-state index in [1.807, 2.05) is 0 Å². The van der Waals surface area contributed by atoms with Gasteiger partial charge in [-0.1, -0.05) is 6.92 Å². The van der Waals surface area contributed by atoms with Gasteiger partial charge in [-0.2, -0.15) is 0 Å². The highest BCUT2D eigenvalue weighted by Gasteiger charge is 2.37. The van der Waals surface area contributed by atoms with Gasteiger partial charge in [-0.25, -0.2) is 0 Å². The van der Waals surface area contributed by atoms with Crippen molar-refractivity contribution in [2.45, 2.75) is 38.3 Å². The quantitative estimate of drug-likeness (QED) is 0.742. The van der Waals surface area contributed by atoms with Crippen molar-refractivity contribution < 1.29 is 14.6 Å². The topological polar surface area (TPSA) is 49.8 Å². The van der Waals surface area contributed by atoms with Gasteiger partial charge in [-0.15, -0.1) is 0 Å². The molecule has 0 amide bonds. The number of ether oxygens (including phenoxy) is 1. The minimum Gasteiger partial charge on any atom is -0.480 e. The lowest BCUT2D eigenvalue weighted by atomic mass is 9.91. The van der Waals surface area contributed by atoms with Crippen LogP contribution in [-0.4, -0.2) is 47.8 Å². The minimum absolute atomic E-state index is 0.291. The number of carboxylic acids is 1. The van der Waals surface area contributed by atoms with Crippen LogP contribution in [0.25, 0.3) is 0 Å². The predicted octanol–water partition coefficient (Wildman–Crippen LogP) is 0.960. The number of carbonyl (C=O) groups is 1. The molecule has 0 saturated carbocycles. The maximum absolute atomic E-state index is 11.2. The number of rotatable bonds is 2. The minimum atomic E-state index is -0.673. The fourth-order valence-corrected chi connectivity index (χ4v) is 2.62. The van der Waals surface area contributed by atoms with Gasteiger partial charge in [0.25, 0.3) is 0 Å². The zero-order valence-corrected chi connectivity index (χ0v) is 9.19. The van der Waals surface area contributed by atoms with Crippen LogP contribution in [0.1, 0.15) is 26.2 Å². The number of hydrogen-bond donors (Lipinski definition) is 1. The lowest BCUT2D eigenvalue weighted by molar-refractivity contribution is -0.146. The molecule has 15 heavy (non-hydrogen) atoms. The van der Waals surface area contributed by atoms with Crippen molar-refractivity contribution in [2.24, 2.45) is 5.92 Å². The van der Waals surface area contributed by atoms with Crippen LogP contribution < -0.4 is 0 Å². The Balaban J connectivity index is 2.03. The van der Waals surface area contributed by atoms with E-state index in [1.54, 1.807) is 0 Å². The van der Waals surface area contributed by atoms with Crippen molar-refractivity contribution in [3.05, 3.63) is 0 Å². The van der Waals surface area contributed by atoms with Gasteiger partial charge in [0.15, 0.2) is 0 Å². The van der Waals surface area contributed by atoms with Gasteiger partial charge in [0, 0.05) is 12.6 Å². The lowest BCUT2D eigenvalue weighted by Gasteiger charge is -2.39. The van der Waals surface area contributed by atoms with Crippen LogP contribution in [0.4, 0.5) is 0 Å². The van der Waals surface area contributed by atoms with Crippen LogP contribution in [0.5, 0.6) is 0 Å². The summed E-state index contributed by atoms with van der Waals surface area (Å²) in [6, 6.07) is 0.0408. The second kappa shape index (κ2) is 4.49. The summed E-state index contributed by atoms with van der Waals surface area (Å²) in [7, 11) is 0. The number of nitrogens with zero attached hydrogens (tertiary/aromatic N) is 1. The molecule has 0 bridgehead atoms. The summed E-state index contributed by atoms with van der Waals surface area (Å²) < 4.78 is 5.33. The molecule has 0 spiro atoms. The highest BCUT2D eigenvalue weighted by Crippen LogP contribution is 2.27. The van der Waals surface area contributed by atoms with E-state index in [0.29, 0.717) is 18.6 Å². The van der Waals surface area contributed by atoms with Gasteiger partial charge in [-0.05, 0) is 31.7 Å². The van der Waals surface area contributed by atoms with E-state index in [4.69, 9.17) is 4.74 Å². The first-order valence-corrected chi connectivity index (χ1v) is 5.74. The van der Waals surface area contributed by atoms with E-state index in [2.05, 4.69) is 11.8 Å². The predicted molar refractivity (Wildman–Crippen MR) is 55.8 cm³/mol. The summed E-state index contributed by atoms with van der Waals surface area (Å²) in [6.45, 7) is 4.53. The standard InChI is InChI=1S/C11H19NO3/c1-8-2-4-12(9-3-5-15-7-9)10(6-8)11(13)14/h8-10H,2-7H2,1H3,(H,13,14). The maximum Gasteiger partial charge on any atom is 0.320 e. The Kier molecular flexibility index (Phi) is 3.26. The first kappa shape index (κ1) is 10.9. The fraction of sp³-hybridized carbons (Fsp3) is 0.909. The Bertz CT molecular complexity index is 238. The Labute approximate surface area is 90.2 Å². The molecular weight excluding hydrogens is 194 g/mol. The lowest BCUT2D eigenvalue weighted by Crippen LogP contribution is -2.51. The average molecular weight is 213 g/mol. The van der Waals surface area contributed by atoms with Crippen LogP contribution in [0, 0.1) is 5.92 Å². The van der Waals surface area contributed by atoms with E-state index < -0.39 is 5.97 Å². The molecule has 2 heterocycles. The Morgan fingerprint density at radius 3 is 2.87 bits per heavy atom. The van der Waals surface area contributed by atoms with Crippen LogP contribution in [0.2, 0.25) is 0 Å². The largest absolute Gasteiger partial charge is 0.480 e. The van der Waals surface area contributed by atoms with Gasteiger partial charge < -0.3 is 9.84 Å². The van der Waals surface area contributed by atoms with Crippen molar-refractivity contribution in [3.8, 4) is 0 Å². The fourth-order valence-electron chi connectivity index (χ4n) is 2.62. The number of hydrogen-bond acceptors (Lipinski definition) is 3. The van der Waals surface area contributed by atoms with E-state index in [1.165, 1.54) is 0 Å². The van der Waals surface area contributed by atoms with Crippen molar-refractivity contribution in [1.29, 1.82) is 0 Å². The molecule has 0 aliphatic carbocycles. The number of aliphatic carboxylic acids is 1. The van der Waals surface area contributed by atoms with Gasteiger partial charge >= 0.3 is 5.97 Å². The van der Waals surface area contributed by atoms with Gasteiger partial charge in [0.2, 0.25) is 0 Å². The molecule has 2 fully saturated rings. The molecule has 0 aromatic carbocycles. The zero-order chi connectivity index (χ0) is 10.8. The molecule has 4 heteroatoms. The van der Waals surface area contributed by atoms with E-state index in [9.17, 15) is 9.90 Å². The van der Waals surface area contributed by atoms with Crippen molar-refractivity contribution in [3.63, 3.8) is 0 Å². The second-order valence-corrected chi connectivity index (χ2v) is 4.74. The Morgan fingerprint density at radius 1 is 1.47 bits per heavy atom. The molecule has 2 rings (SSSR count).